The number of likely N-dealkylation sites (tertiary alicyclic amines) is 1. The monoisotopic (exact) mass is 880 g/mol. The molecule has 3 aromatic heterocycles. The van der Waals surface area contributed by atoms with Crippen LogP contribution in [-0.4, -0.2) is 93.7 Å². The van der Waals surface area contributed by atoms with Gasteiger partial charge in [-0.25, -0.2) is 0 Å². The first-order chi connectivity index (χ1) is 26.1. The van der Waals surface area contributed by atoms with Gasteiger partial charge >= 0.3 is 263 Å². The van der Waals surface area contributed by atoms with Crippen molar-refractivity contribution in [2.75, 3.05) is 59.7 Å². The molecule has 0 aliphatic carbocycles. The molecular weight excluding hydrogens is 845 g/mol. The van der Waals surface area contributed by atoms with E-state index in [0.717, 1.165) is 56.2 Å². The Labute approximate surface area is 329 Å². The summed E-state index contributed by atoms with van der Waals surface area (Å²) in [6.45, 7) is 8.18. The van der Waals surface area contributed by atoms with Crippen LogP contribution >= 0.6 is 22.9 Å². The maximum atomic E-state index is 13.6. The molecule has 6 heterocycles. The maximum absolute atomic E-state index is 13.6. The molecule has 0 saturated carbocycles. The molecule has 54 heavy (non-hydrogen) atoms. The van der Waals surface area contributed by atoms with Gasteiger partial charge in [-0.05, 0) is 18.6 Å². The van der Waals surface area contributed by atoms with E-state index in [4.69, 9.17) is 16.6 Å². The summed E-state index contributed by atoms with van der Waals surface area (Å²) >= 11 is 6.67. The summed E-state index contributed by atoms with van der Waals surface area (Å²) in [5.74, 6) is 1.70. The van der Waals surface area contributed by atoms with Gasteiger partial charge in [0, 0.05) is 0 Å². The van der Waals surface area contributed by atoms with Crippen molar-refractivity contribution in [2.45, 2.75) is 32.4 Å². The number of nitrogens with one attached hydrogen (secondary N) is 3. The molecule has 3 saturated heterocycles. The Hall–Kier alpha value is -4.85. The molecule has 8 rings (SSSR count). The Morgan fingerprint density at radius 1 is 0.963 bits per heavy atom. The third-order valence-electron chi connectivity index (χ3n) is 9.72. The van der Waals surface area contributed by atoms with Gasteiger partial charge in [0.05, 0.1) is 10.7 Å². The second-order valence-corrected chi connectivity index (χ2v) is 17.5. The number of anilines is 5. The number of carbonyl (C=O) groups is 2. The van der Waals surface area contributed by atoms with Crippen LogP contribution in [0.1, 0.15) is 27.5 Å². The van der Waals surface area contributed by atoms with Crippen molar-refractivity contribution >= 4 is 60.9 Å². The number of H-pyrrole nitrogens is 1. The van der Waals surface area contributed by atoms with Crippen LogP contribution in [0.5, 0.6) is 0 Å². The summed E-state index contributed by atoms with van der Waals surface area (Å²) in [5.41, 5.74) is 2.22. The number of nitrogens with zero attached hydrogens (tertiary/aromatic N) is 8. The molecule has 3 aliphatic rings. The van der Waals surface area contributed by atoms with Gasteiger partial charge in [0.2, 0.25) is 0 Å². The first-order valence-electron chi connectivity index (χ1n) is 17.4. The molecule has 2 amide bonds. The van der Waals surface area contributed by atoms with E-state index in [1.54, 1.807) is 6.07 Å². The molecule has 280 valence electrons. The second kappa shape index (κ2) is 15.1. The molecule has 3 N–H and O–H groups in total. The number of aromatic amines is 1. The van der Waals surface area contributed by atoms with Gasteiger partial charge in [-0.1, -0.05) is 23.7 Å². The average Bonchev–Trinajstić information content (AvgIpc) is 3.91. The van der Waals surface area contributed by atoms with E-state index in [1.807, 2.05) is 56.3 Å². The summed E-state index contributed by atoms with van der Waals surface area (Å²) in [6.07, 6.45) is 3.93. The summed E-state index contributed by atoms with van der Waals surface area (Å²) in [6, 6.07) is 16.8. The summed E-state index contributed by atoms with van der Waals surface area (Å²) in [7, 11) is 0. The van der Waals surface area contributed by atoms with E-state index in [1.165, 1.54) is 34.4 Å². The molecule has 0 radical (unpaired) electrons. The number of para-hydroxylation sites is 1. The quantitative estimate of drug-likeness (QED) is 0.0846. The van der Waals surface area contributed by atoms with Gasteiger partial charge in [-0.2, -0.15) is 0 Å². The summed E-state index contributed by atoms with van der Waals surface area (Å²) < 4.78 is 3.99. The van der Waals surface area contributed by atoms with E-state index >= 15 is 0 Å². The van der Waals surface area contributed by atoms with Gasteiger partial charge < -0.3 is 5.32 Å². The van der Waals surface area contributed by atoms with Crippen LogP contribution in [0.15, 0.2) is 76.6 Å². The van der Waals surface area contributed by atoms with E-state index in [0.29, 0.717) is 44.6 Å². The fraction of sp³-hybridized carbons (Fsp3) is 0.306. The second-order valence-electron chi connectivity index (χ2n) is 13.3. The molecule has 5 aromatic rings. The van der Waals surface area contributed by atoms with Crippen molar-refractivity contribution in [3.05, 3.63) is 109 Å². The van der Waals surface area contributed by atoms with Gasteiger partial charge in [-0.3, -0.25) is 9.59 Å². The normalized spacial score (nSPS) is 18.4. The molecule has 2 bridgehead atoms. The van der Waals surface area contributed by atoms with Crippen molar-refractivity contribution in [3.63, 3.8) is 0 Å². The molecule has 3 fully saturated rings. The van der Waals surface area contributed by atoms with Crippen molar-refractivity contribution in [1.82, 2.24) is 32.5 Å². The van der Waals surface area contributed by atoms with Gasteiger partial charge in [0.15, 0.2) is 0 Å². The Bertz CT molecular complexity index is 2340. The SMILES string of the molecule is Cc1nc(Nc2ncc(C(=O)Nc3c(C)cccc3Cl)s2)cc(N2CCN([I-]C(=O)N3CC4CC3CN4c3cccc(-n4ccc(=O)[nH]c4=O)c3)CC2)n1. The minimum atomic E-state index is -0.841. The molecule has 0 spiro atoms. The molecular formula is C36H36ClIN11O4S-. The third-order valence-corrected chi connectivity index (χ3v) is 13.6. The number of hydrogen-bond donors (Lipinski definition) is 3. The number of fused-ring (bicyclic) bond motifs is 2. The van der Waals surface area contributed by atoms with E-state index in [-0.39, 0.29) is 21.9 Å². The molecule has 3 aliphatic heterocycles. The fourth-order valence-electron chi connectivity index (χ4n) is 7.08. The van der Waals surface area contributed by atoms with Crippen molar-refractivity contribution in [3.8, 4) is 5.69 Å². The van der Waals surface area contributed by atoms with Crippen molar-refractivity contribution in [2.24, 2.45) is 0 Å². The number of benzene rings is 2. The van der Waals surface area contributed by atoms with Crippen LogP contribution in [0.3, 0.4) is 0 Å². The molecule has 15 nitrogen and oxygen atoms in total. The van der Waals surface area contributed by atoms with Gasteiger partial charge in [0.25, 0.3) is 0 Å². The zero-order valence-electron chi connectivity index (χ0n) is 29.3. The molecule has 2 unspecified atom stereocenters. The third kappa shape index (κ3) is 7.57. The average molecular weight is 881 g/mol. The number of aromatic nitrogens is 5. The number of piperazine rings is 2. The number of hydrogen-bond acceptors (Lipinski definition) is 12. The van der Waals surface area contributed by atoms with Gasteiger partial charge in [-0.15, -0.1) is 0 Å². The fourth-order valence-corrected chi connectivity index (χ4v) is 10.4. The number of thiazole rings is 1. The van der Waals surface area contributed by atoms with Crippen LogP contribution in [0.2, 0.25) is 5.02 Å². The molecule has 18 heteroatoms. The number of carbonyl (C=O) groups excluding carboxylic acids is 2. The predicted octanol–water partition coefficient (Wildman–Crippen LogP) is 1.25. The first kappa shape index (κ1) is 36.1. The van der Waals surface area contributed by atoms with Crippen molar-refractivity contribution in [1.29, 1.82) is 0 Å². The topological polar surface area (TPSA) is 165 Å². The zero-order chi connectivity index (χ0) is 37.5. The Kier molecular flexibility index (Phi) is 10.1. The Balaban J connectivity index is 0.837. The van der Waals surface area contributed by atoms with Crippen molar-refractivity contribution < 1.29 is 31.1 Å². The zero-order valence-corrected chi connectivity index (χ0v) is 33.1. The Morgan fingerprint density at radius 2 is 1.76 bits per heavy atom. The predicted molar refractivity (Wildman–Crippen MR) is 204 cm³/mol. The number of halogens is 2. The number of amides is 2. The van der Waals surface area contributed by atoms with E-state index < -0.39 is 32.7 Å². The van der Waals surface area contributed by atoms with Crippen LogP contribution in [0, 0.1) is 13.8 Å². The molecule has 2 aromatic carbocycles. The number of rotatable bonds is 9. The first-order valence-corrected chi connectivity index (χ1v) is 20.6. The molecule has 2 atom stereocenters. The standard InChI is InChI=1S/C36H36ClIN11O4S/c1-21-5-3-8-27(37)32(21)44-33(51)28-18-39-35(54-28)42-29-17-30(41-22(2)40-29)45-11-13-46(14-12-45)38-34(52)49-20-25-16-26(49)19-48(25)24-7-4-6-23(15-24)47-10-9-31(50)43-36(47)53/h3-10,15,17-18,25-26H,11-14,16,19-20H2,1-2H3,(H,44,51)(H,43,50,53)(H,39,40,41,42)/q-1. The van der Waals surface area contributed by atoms with E-state index in [2.05, 4.69) is 43.4 Å². The Morgan fingerprint density at radius 3 is 2.52 bits per heavy atom. The minimum absolute atomic E-state index is 0.160. The van der Waals surface area contributed by atoms with Crippen LogP contribution in [0.4, 0.5) is 32.9 Å². The number of aryl methyl sites for hydroxylation is 2. The van der Waals surface area contributed by atoms with Crippen LogP contribution < -0.4 is 53.2 Å². The van der Waals surface area contributed by atoms with E-state index in [9.17, 15) is 19.2 Å². The van der Waals surface area contributed by atoms with Gasteiger partial charge in [0.1, 0.15) is 0 Å². The van der Waals surface area contributed by atoms with Crippen LogP contribution in [-0.2, 0) is 0 Å². The summed E-state index contributed by atoms with van der Waals surface area (Å²) in [5, 5.41) is 7.12. The summed E-state index contributed by atoms with van der Waals surface area (Å²) in [4.78, 5) is 73.4. The van der Waals surface area contributed by atoms with Crippen LogP contribution in [0.25, 0.3) is 5.69 Å².